The Morgan fingerprint density at radius 2 is 1.59 bits per heavy atom. The number of rotatable bonds is 4. The monoisotopic (exact) mass is 444 g/mol. The van der Waals surface area contributed by atoms with Crippen LogP contribution in [0.15, 0.2) is 30.3 Å². The molecule has 32 heavy (non-hydrogen) atoms. The van der Waals surface area contributed by atoms with Crippen molar-refractivity contribution in [3.63, 3.8) is 0 Å². The highest BCUT2D eigenvalue weighted by atomic mass is 16.7. The van der Waals surface area contributed by atoms with Crippen molar-refractivity contribution in [3.05, 3.63) is 47.0 Å². The fourth-order valence-electron chi connectivity index (χ4n) is 3.98. The van der Waals surface area contributed by atoms with Gasteiger partial charge in [-0.3, -0.25) is 9.69 Å². The molecule has 10 heteroatoms. The molecule has 0 radical (unpaired) electrons. The lowest BCUT2D eigenvalue weighted by atomic mass is 10.0. The third-order valence-corrected chi connectivity index (χ3v) is 5.97. The van der Waals surface area contributed by atoms with Gasteiger partial charge in [-0.2, -0.15) is 0 Å². The molecule has 2 saturated heterocycles. The molecule has 0 bridgehead atoms. The van der Waals surface area contributed by atoms with E-state index in [4.69, 9.17) is 9.57 Å². The maximum absolute atomic E-state index is 12.9. The van der Waals surface area contributed by atoms with E-state index in [9.17, 15) is 19.8 Å². The maximum atomic E-state index is 12.9. The number of piperazine rings is 1. The summed E-state index contributed by atoms with van der Waals surface area (Å²) in [6.45, 7) is 7.20. The second-order valence-corrected chi connectivity index (χ2v) is 7.96. The number of hydrogen-bond donors (Lipinski definition) is 2. The van der Waals surface area contributed by atoms with E-state index >= 15 is 0 Å². The van der Waals surface area contributed by atoms with Crippen LogP contribution in [-0.4, -0.2) is 94.1 Å². The van der Waals surface area contributed by atoms with Crippen molar-refractivity contribution in [2.24, 2.45) is 0 Å². The Bertz CT molecular complexity index is 957. The van der Waals surface area contributed by atoms with E-state index in [0.29, 0.717) is 63.8 Å². The van der Waals surface area contributed by atoms with Crippen molar-refractivity contribution in [2.75, 3.05) is 52.5 Å². The van der Waals surface area contributed by atoms with Crippen LogP contribution in [-0.2, 0) is 11.3 Å². The lowest BCUT2D eigenvalue weighted by Gasteiger charge is -2.34. The van der Waals surface area contributed by atoms with Crippen molar-refractivity contribution < 1.29 is 29.4 Å². The topological polar surface area (TPSA) is 108 Å². The van der Waals surface area contributed by atoms with Crippen LogP contribution in [0.25, 0.3) is 0 Å². The molecule has 2 aliphatic rings. The van der Waals surface area contributed by atoms with E-state index in [1.54, 1.807) is 0 Å². The first-order valence-corrected chi connectivity index (χ1v) is 10.7. The Kier molecular flexibility index (Phi) is 6.52. The second-order valence-electron chi connectivity index (χ2n) is 7.96. The van der Waals surface area contributed by atoms with Crippen LogP contribution in [0.2, 0.25) is 0 Å². The molecule has 172 valence electrons. The van der Waals surface area contributed by atoms with Gasteiger partial charge < -0.3 is 29.6 Å². The van der Waals surface area contributed by atoms with Crippen LogP contribution in [0.5, 0.6) is 11.8 Å². The highest BCUT2D eigenvalue weighted by Gasteiger charge is 2.26. The summed E-state index contributed by atoms with van der Waals surface area (Å²) in [5, 5.41) is 19.2. The van der Waals surface area contributed by atoms with Crippen molar-refractivity contribution in [3.8, 4) is 11.8 Å². The van der Waals surface area contributed by atoms with Gasteiger partial charge in [-0.15, -0.1) is 4.73 Å². The molecule has 0 spiro atoms. The lowest BCUT2D eigenvalue weighted by Crippen LogP contribution is -2.50. The van der Waals surface area contributed by atoms with Gasteiger partial charge in [0.25, 0.3) is 5.91 Å². The second kappa shape index (κ2) is 9.49. The fourth-order valence-corrected chi connectivity index (χ4v) is 3.98. The molecule has 2 N–H and O–H groups in total. The molecule has 0 atom stereocenters. The molecule has 10 nitrogen and oxygen atoms in total. The van der Waals surface area contributed by atoms with Gasteiger partial charge in [-0.1, -0.05) is 12.1 Å². The molecular weight excluding hydrogens is 416 g/mol. The van der Waals surface area contributed by atoms with Gasteiger partial charge >= 0.3 is 6.09 Å². The largest absolute Gasteiger partial charge is 0.492 e. The molecule has 0 aliphatic carbocycles. The standard InChI is InChI=1S/C22H28N4O6/c1-16-17(3-2-4-18(16)21(29)24-11-13-31-14-12-24)15-23-7-9-25(10-8-23)22(30)32-26-19(27)5-6-20(26)28/h2-6,27-28H,7-15H2,1H3. The number of hydrogen-bond acceptors (Lipinski definition) is 7. The van der Waals surface area contributed by atoms with Crippen molar-refractivity contribution in [1.82, 2.24) is 19.4 Å². The minimum absolute atomic E-state index is 0.0386. The third kappa shape index (κ3) is 4.66. The summed E-state index contributed by atoms with van der Waals surface area (Å²) in [5.74, 6) is -0.662. The van der Waals surface area contributed by atoms with E-state index in [-0.39, 0.29) is 17.7 Å². The minimum Gasteiger partial charge on any atom is -0.492 e. The number of carbonyl (C=O) groups is 2. The van der Waals surface area contributed by atoms with Crippen molar-refractivity contribution in [1.29, 1.82) is 0 Å². The predicted molar refractivity (Wildman–Crippen MR) is 114 cm³/mol. The Balaban J connectivity index is 1.34. The van der Waals surface area contributed by atoms with Crippen LogP contribution in [0.3, 0.4) is 0 Å². The molecular formula is C22H28N4O6. The Morgan fingerprint density at radius 1 is 0.938 bits per heavy atom. The molecule has 4 rings (SSSR count). The van der Waals surface area contributed by atoms with Crippen molar-refractivity contribution >= 4 is 12.0 Å². The first-order chi connectivity index (χ1) is 15.4. The van der Waals surface area contributed by atoms with E-state index < -0.39 is 6.09 Å². The summed E-state index contributed by atoms with van der Waals surface area (Å²) in [6, 6.07) is 8.29. The molecule has 2 fully saturated rings. The van der Waals surface area contributed by atoms with Crippen LogP contribution in [0.4, 0.5) is 4.79 Å². The van der Waals surface area contributed by atoms with Gasteiger partial charge in [-0.25, -0.2) is 4.79 Å². The number of morpholine rings is 1. The highest BCUT2D eigenvalue weighted by Crippen LogP contribution is 2.21. The van der Waals surface area contributed by atoms with E-state index in [2.05, 4.69) is 4.90 Å². The Hall–Kier alpha value is -3.24. The molecule has 2 amide bonds. The summed E-state index contributed by atoms with van der Waals surface area (Å²) in [4.78, 5) is 35.9. The molecule has 2 aromatic rings. The van der Waals surface area contributed by atoms with Crippen LogP contribution < -0.4 is 4.84 Å². The smallest absolute Gasteiger partial charge is 0.434 e. The predicted octanol–water partition coefficient (Wildman–Crippen LogP) is 1.05. The Morgan fingerprint density at radius 3 is 2.25 bits per heavy atom. The summed E-state index contributed by atoms with van der Waals surface area (Å²) in [5.41, 5.74) is 2.78. The summed E-state index contributed by atoms with van der Waals surface area (Å²) >= 11 is 0. The van der Waals surface area contributed by atoms with Gasteiger partial charge in [-0.05, 0) is 24.1 Å². The quantitative estimate of drug-likeness (QED) is 0.726. The molecule has 0 saturated carbocycles. The number of amides is 2. The highest BCUT2D eigenvalue weighted by molar-refractivity contribution is 5.96. The van der Waals surface area contributed by atoms with Crippen LogP contribution in [0.1, 0.15) is 21.5 Å². The first kappa shape index (κ1) is 22.0. The molecule has 1 aromatic carbocycles. The number of ether oxygens (including phenoxy) is 1. The molecule has 2 aliphatic heterocycles. The van der Waals surface area contributed by atoms with Crippen LogP contribution in [0, 0.1) is 6.92 Å². The number of nitrogens with zero attached hydrogens (tertiary/aromatic N) is 4. The summed E-state index contributed by atoms with van der Waals surface area (Å²) in [7, 11) is 0. The average molecular weight is 444 g/mol. The number of carbonyl (C=O) groups excluding carboxylic acids is 2. The number of aromatic nitrogens is 1. The summed E-state index contributed by atoms with van der Waals surface area (Å²) in [6.07, 6.45) is -0.638. The van der Waals surface area contributed by atoms with Gasteiger partial charge in [0.1, 0.15) is 0 Å². The zero-order valence-corrected chi connectivity index (χ0v) is 18.1. The van der Waals surface area contributed by atoms with E-state index in [0.717, 1.165) is 16.7 Å². The zero-order valence-electron chi connectivity index (χ0n) is 18.1. The maximum Gasteiger partial charge on any atom is 0.434 e. The fraction of sp³-hybridized carbons (Fsp3) is 0.455. The summed E-state index contributed by atoms with van der Waals surface area (Å²) < 4.78 is 6.03. The SMILES string of the molecule is Cc1c(CN2CCN(C(=O)On3c(O)ccc3O)CC2)cccc1C(=O)N1CCOCC1. The van der Waals surface area contributed by atoms with Gasteiger partial charge in [0.05, 0.1) is 13.2 Å². The molecule has 3 heterocycles. The normalized spacial score (nSPS) is 17.4. The first-order valence-electron chi connectivity index (χ1n) is 10.7. The molecule has 0 unspecified atom stereocenters. The molecule has 1 aromatic heterocycles. The van der Waals surface area contributed by atoms with Gasteiger partial charge in [0, 0.05) is 63.5 Å². The van der Waals surface area contributed by atoms with E-state index in [1.165, 1.54) is 17.0 Å². The zero-order chi connectivity index (χ0) is 22.7. The van der Waals surface area contributed by atoms with Gasteiger partial charge in [0.15, 0.2) is 0 Å². The number of aromatic hydroxyl groups is 2. The lowest BCUT2D eigenvalue weighted by molar-refractivity contribution is 0.0302. The van der Waals surface area contributed by atoms with Gasteiger partial charge in [0.2, 0.25) is 11.8 Å². The Labute approximate surface area is 186 Å². The van der Waals surface area contributed by atoms with Crippen molar-refractivity contribution in [2.45, 2.75) is 13.5 Å². The van der Waals surface area contributed by atoms with E-state index in [1.807, 2.05) is 30.0 Å². The van der Waals surface area contributed by atoms with Crippen LogP contribution >= 0.6 is 0 Å². The number of benzene rings is 1. The third-order valence-electron chi connectivity index (χ3n) is 5.97. The minimum atomic E-state index is -0.638. The average Bonchev–Trinajstić information content (AvgIpc) is 3.13.